The Morgan fingerprint density at radius 3 is 1.41 bits per heavy atom. The number of aromatic hydroxyl groups is 2. The maximum absolute atomic E-state index is 12.8. The number of carbonyl (C=O) groups is 1. The summed E-state index contributed by atoms with van der Waals surface area (Å²) in [5.74, 6) is 0.113. The molecule has 4 nitrogen and oxygen atoms in total. The highest BCUT2D eigenvalue weighted by Crippen LogP contribution is 2.35. The maximum atomic E-state index is 12.8. The molecule has 1 saturated heterocycles. The summed E-state index contributed by atoms with van der Waals surface area (Å²) in [4.78, 5) is 12.8. The van der Waals surface area contributed by atoms with E-state index in [0.29, 0.717) is 29.0 Å². The Bertz CT molecular complexity index is 872. The van der Waals surface area contributed by atoms with E-state index in [0.717, 1.165) is 11.1 Å². The molecular formula is C19H12Br4O4. The van der Waals surface area contributed by atoms with Gasteiger partial charge in [0.15, 0.2) is 5.78 Å². The minimum absolute atomic E-state index is 0.0955. The number of ketones is 1. The number of phenolic OH excluding ortho intramolecular Hbond substituents is 2. The van der Waals surface area contributed by atoms with Crippen LogP contribution in [-0.2, 0) is 9.53 Å². The largest absolute Gasteiger partial charge is 0.506 e. The van der Waals surface area contributed by atoms with E-state index < -0.39 is 0 Å². The third-order valence-corrected chi connectivity index (χ3v) is 6.28. The number of hydrogen-bond acceptors (Lipinski definition) is 4. The minimum atomic E-state index is -0.0955. The van der Waals surface area contributed by atoms with Gasteiger partial charge in [-0.05, 0) is 111 Å². The summed E-state index contributed by atoms with van der Waals surface area (Å²) in [5.41, 5.74) is 2.56. The van der Waals surface area contributed by atoms with Crippen LogP contribution in [0, 0.1) is 0 Å². The van der Waals surface area contributed by atoms with Crippen LogP contribution in [0.15, 0.2) is 53.3 Å². The van der Waals surface area contributed by atoms with Gasteiger partial charge in [-0.3, -0.25) is 4.79 Å². The number of benzene rings is 2. The Balaban J connectivity index is 1.94. The molecule has 2 aromatic carbocycles. The van der Waals surface area contributed by atoms with E-state index in [4.69, 9.17) is 4.74 Å². The molecule has 140 valence electrons. The Morgan fingerprint density at radius 2 is 1.07 bits per heavy atom. The van der Waals surface area contributed by atoms with Crippen LogP contribution < -0.4 is 0 Å². The lowest BCUT2D eigenvalue weighted by molar-refractivity contribution is -0.114. The SMILES string of the molecule is O=C1/C(=C/c2cc(Br)c(O)c(Br)c2)COC/C1=C\c1cc(Br)c(O)c(Br)c1. The number of rotatable bonds is 2. The van der Waals surface area contributed by atoms with Gasteiger partial charge in [-0.2, -0.15) is 0 Å². The lowest BCUT2D eigenvalue weighted by Gasteiger charge is -2.18. The monoisotopic (exact) mass is 620 g/mol. The molecule has 0 unspecified atom stereocenters. The number of phenols is 2. The molecular weight excluding hydrogens is 612 g/mol. The molecule has 0 bridgehead atoms. The predicted molar refractivity (Wildman–Crippen MR) is 119 cm³/mol. The van der Waals surface area contributed by atoms with Gasteiger partial charge in [0.05, 0.1) is 31.1 Å². The van der Waals surface area contributed by atoms with E-state index in [1.165, 1.54) is 0 Å². The molecule has 8 heteroatoms. The molecule has 0 radical (unpaired) electrons. The van der Waals surface area contributed by atoms with Crippen LogP contribution in [0.3, 0.4) is 0 Å². The maximum Gasteiger partial charge on any atom is 0.189 e. The first kappa shape index (κ1) is 20.8. The molecule has 0 spiro atoms. The van der Waals surface area contributed by atoms with Gasteiger partial charge in [-0.25, -0.2) is 0 Å². The minimum Gasteiger partial charge on any atom is -0.506 e. The Morgan fingerprint density at radius 1 is 0.741 bits per heavy atom. The predicted octanol–water partition coefficient (Wildman–Crippen LogP) is 6.21. The van der Waals surface area contributed by atoms with Crippen LogP contribution in [0.4, 0.5) is 0 Å². The summed E-state index contributed by atoms with van der Waals surface area (Å²) in [5, 5.41) is 19.6. The molecule has 0 aliphatic carbocycles. The molecule has 0 atom stereocenters. The fraction of sp³-hybridized carbons (Fsp3) is 0.105. The molecule has 3 rings (SSSR count). The van der Waals surface area contributed by atoms with Crippen LogP contribution >= 0.6 is 63.7 Å². The van der Waals surface area contributed by atoms with Gasteiger partial charge >= 0.3 is 0 Å². The van der Waals surface area contributed by atoms with Crippen molar-refractivity contribution in [3.05, 3.63) is 64.4 Å². The summed E-state index contributed by atoms with van der Waals surface area (Å²) in [6.07, 6.45) is 3.49. The second-order valence-corrected chi connectivity index (χ2v) is 9.24. The van der Waals surface area contributed by atoms with Gasteiger partial charge in [-0.15, -0.1) is 0 Å². The number of ether oxygens (including phenoxy) is 1. The van der Waals surface area contributed by atoms with Gasteiger partial charge in [0.1, 0.15) is 11.5 Å². The van der Waals surface area contributed by atoms with Crippen molar-refractivity contribution >= 4 is 81.7 Å². The summed E-state index contributed by atoms with van der Waals surface area (Å²) in [6.45, 7) is 0.435. The van der Waals surface area contributed by atoms with Crippen molar-refractivity contribution in [1.29, 1.82) is 0 Å². The highest BCUT2D eigenvalue weighted by Gasteiger charge is 2.22. The number of halogens is 4. The second kappa shape index (κ2) is 8.61. The molecule has 0 aromatic heterocycles. The average molecular weight is 624 g/mol. The van der Waals surface area contributed by atoms with Gasteiger partial charge in [0.2, 0.25) is 0 Å². The lowest BCUT2D eigenvalue weighted by Crippen LogP contribution is -2.21. The fourth-order valence-electron chi connectivity index (χ4n) is 2.56. The molecule has 27 heavy (non-hydrogen) atoms. The van der Waals surface area contributed by atoms with Crippen molar-refractivity contribution in [2.24, 2.45) is 0 Å². The molecule has 2 aromatic rings. The van der Waals surface area contributed by atoms with Crippen LogP contribution in [-0.4, -0.2) is 29.2 Å². The third kappa shape index (κ3) is 4.74. The van der Waals surface area contributed by atoms with E-state index in [9.17, 15) is 15.0 Å². The zero-order valence-electron chi connectivity index (χ0n) is 13.6. The fourth-order valence-corrected chi connectivity index (χ4v) is 5.01. The van der Waals surface area contributed by atoms with Gasteiger partial charge in [0.25, 0.3) is 0 Å². The standard InChI is InChI=1S/C19H12Br4O4/c20-13-3-9(4-14(21)18(13)25)1-11-7-27-8-12(17(11)24)2-10-5-15(22)19(26)16(23)6-10/h1-6,25-26H,7-8H2/b11-1+,12-2+. The van der Waals surface area contributed by atoms with Crippen molar-refractivity contribution in [3.63, 3.8) is 0 Å². The molecule has 2 N–H and O–H groups in total. The summed E-state index contributed by atoms with van der Waals surface area (Å²) in [6, 6.07) is 6.91. The quantitative estimate of drug-likeness (QED) is 0.391. The van der Waals surface area contributed by atoms with Crippen molar-refractivity contribution in [3.8, 4) is 11.5 Å². The second-order valence-electron chi connectivity index (χ2n) is 5.83. The third-order valence-electron chi connectivity index (χ3n) is 3.86. The zero-order valence-corrected chi connectivity index (χ0v) is 19.9. The van der Waals surface area contributed by atoms with E-state index in [1.54, 1.807) is 36.4 Å². The Hall–Kier alpha value is -0.930. The summed E-state index contributed by atoms with van der Waals surface area (Å²) in [7, 11) is 0. The number of Topliss-reactive ketones (excluding diaryl/α,β-unsaturated/α-hetero) is 1. The lowest BCUT2D eigenvalue weighted by atomic mass is 9.98. The smallest absolute Gasteiger partial charge is 0.189 e. The van der Waals surface area contributed by atoms with Gasteiger partial charge in [0, 0.05) is 11.1 Å². The van der Waals surface area contributed by atoms with E-state index >= 15 is 0 Å². The molecule has 1 aliphatic heterocycles. The highest BCUT2D eigenvalue weighted by molar-refractivity contribution is 9.11. The first-order valence-corrected chi connectivity index (χ1v) is 10.8. The molecule has 1 aliphatic rings. The summed E-state index contributed by atoms with van der Waals surface area (Å²) < 4.78 is 7.70. The first-order chi connectivity index (χ1) is 12.8. The topological polar surface area (TPSA) is 66.8 Å². The Kier molecular flexibility index (Phi) is 6.63. The first-order valence-electron chi connectivity index (χ1n) is 7.66. The van der Waals surface area contributed by atoms with Gasteiger partial charge < -0.3 is 14.9 Å². The molecule has 1 fully saturated rings. The van der Waals surface area contributed by atoms with Crippen molar-refractivity contribution in [1.82, 2.24) is 0 Å². The molecule has 0 saturated carbocycles. The normalized spacial score (nSPS) is 17.7. The van der Waals surface area contributed by atoms with Crippen LogP contribution in [0.25, 0.3) is 12.2 Å². The summed E-state index contributed by atoms with van der Waals surface area (Å²) >= 11 is 13.1. The number of hydrogen-bond donors (Lipinski definition) is 2. The van der Waals surface area contributed by atoms with Crippen molar-refractivity contribution in [2.75, 3.05) is 13.2 Å². The molecule has 1 heterocycles. The van der Waals surface area contributed by atoms with E-state index in [1.807, 2.05) is 0 Å². The van der Waals surface area contributed by atoms with E-state index in [-0.39, 0.29) is 30.5 Å². The van der Waals surface area contributed by atoms with Gasteiger partial charge in [-0.1, -0.05) is 0 Å². The number of carbonyl (C=O) groups excluding carboxylic acids is 1. The molecule has 0 amide bonds. The van der Waals surface area contributed by atoms with Crippen molar-refractivity contribution < 1.29 is 19.7 Å². The van der Waals surface area contributed by atoms with Crippen LogP contribution in [0.1, 0.15) is 11.1 Å². The van der Waals surface area contributed by atoms with E-state index in [2.05, 4.69) is 63.7 Å². The van der Waals surface area contributed by atoms with Crippen LogP contribution in [0.2, 0.25) is 0 Å². The zero-order chi connectivity index (χ0) is 19.7. The average Bonchev–Trinajstić information content (AvgIpc) is 2.61. The van der Waals surface area contributed by atoms with Crippen LogP contribution in [0.5, 0.6) is 11.5 Å². The highest BCUT2D eigenvalue weighted by atomic mass is 79.9. The van der Waals surface area contributed by atoms with Crippen molar-refractivity contribution in [2.45, 2.75) is 0 Å². The Labute approximate surface area is 189 Å².